The Morgan fingerprint density at radius 2 is 1.70 bits per heavy atom. The van der Waals surface area contributed by atoms with Gasteiger partial charge in [0.1, 0.15) is 17.2 Å². The lowest BCUT2D eigenvalue weighted by Crippen LogP contribution is -2.65. The van der Waals surface area contributed by atoms with Gasteiger partial charge in [0.2, 0.25) is 0 Å². The summed E-state index contributed by atoms with van der Waals surface area (Å²) in [5.41, 5.74) is 7.08. The second-order valence-corrected chi connectivity index (χ2v) is 8.11. The van der Waals surface area contributed by atoms with E-state index in [4.69, 9.17) is 15.2 Å². The molecule has 0 bridgehead atoms. The molecule has 0 spiro atoms. The first-order chi connectivity index (χ1) is 14.7. The predicted octanol–water partition coefficient (Wildman–Crippen LogP) is 3.32. The first kappa shape index (κ1) is 22.5. The molecule has 3 N–H and O–H groups in total. The van der Waals surface area contributed by atoms with Gasteiger partial charge < -0.3 is 25.4 Å². The molecule has 1 saturated heterocycles. The summed E-state index contributed by atoms with van der Waals surface area (Å²) >= 11 is 0. The fraction of sp³-hybridized carbons (Fsp3) is 0.583. The Bertz CT molecular complexity index is 696. The zero-order chi connectivity index (χ0) is 21.2. The Balaban J connectivity index is 1.26. The quantitative estimate of drug-likeness (QED) is 0.542. The Morgan fingerprint density at radius 3 is 2.37 bits per heavy atom. The molecule has 2 heterocycles. The normalized spacial score (nSPS) is 22.4. The molecule has 0 radical (unpaired) electrons. The number of rotatable bonds is 11. The standard InChI is InChI=1S/C24H38N4O2/c1-3-24(23(25)9-8-14-26-24)28-18-16-27(17-19-28)15-6-4-5-7-20-30-22-12-10-21(29-2)11-13-22/h8-14,26H,3-7,15-20,25H2,1-2H3. The number of dihydropyridines is 1. The minimum atomic E-state index is -0.204. The zero-order valence-electron chi connectivity index (χ0n) is 18.6. The fourth-order valence-electron chi connectivity index (χ4n) is 4.37. The molecule has 6 nitrogen and oxygen atoms in total. The Morgan fingerprint density at radius 1 is 1.00 bits per heavy atom. The first-order valence-electron chi connectivity index (χ1n) is 11.3. The number of hydrogen-bond acceptors (Lipinski definition) is 6. The summed E-state index contributed by atoms with van der Waals surface area (Å²) in [7, 11) is 1.68. The van der Waals surface area contributed by atoms with Crippen LogP contribution in [0.25, 0.3) is 0 Å². The summed E-state index contributed by atoms with van der Waals surface area (Å²) in [6.07, 6.45) is 11.8. The van der Waals surface area contributed by atoms with Crippen LogP contribution in [-0.4, -0.2) is 61.9 Å². The minimum absolute atomic E-state index is 0.204. The maximum Gasteiger partial charge on any atom is 0.131 e. The van der Waals surface area contributed by atoms with Crippen molar-refractivity contribution in [3.8, 4) is 11.5 Å². The fourth-order valence-corrected chi connectivity index (χ4v) is 4.37. The van der Waals surface area contributed by atoms with E-state index < -0.39 is 0 Å². The molecule has 1 atom stereocenters. The van der Waals surface area contributed by atoms with Crippen molar-refractivity contribution in [1.82, 2.24) is 15.1 Å². The van der Waals surface area contributed by atoms with Gasteiger partial charge >= 0.3 is 0 Å². The average molecular weight is 415 g/mol. The van der Waals surface area contributed by atoms with Crippen LogP contribution in [0.2, 0.25) is 0 Å². The summed E-state index contributed by atoms with van der Waals surface area (Å²) in [5, 5.41) is 3.52. The number of hydrogen-bond donors (Lipinski definition) is 2. The van der Waals surface area contributed by atoms with Crippen molar-refractivity contribution in [3.63, 3.8) is 0 Å². The molecule has 2 aliphatic heterocycles. The van der Waals surface area contributed by atoms with E-state index in [0.29, 0.717) is 0 Å². The molecule has 2 aliphatic rings. The molecular weight excluding hydrogens is 376 g/mol. The molecule has 0 aliphatic carbocycles. The van der Waals surface area contributed by atoms with Crippen molar-refractivity contribution in [2.24, 2.45) is 5.73 Å². The summed E-state index contributed by atoms with van der Waals surface area (Å²) in [6, 6.07) is 7.79. The van der Waals surface area contributed by atoms with E-state index in [-0.39, 0.29) is 5.66 Å². The molecule has 30 heavy (non-hydrogen) atoms. The van der Waals surface area contributed by atoms with Crippen LogP contribution in [0.1, 0.15) is 39.0 Å². The third-order valence-corrected chi connectivity index (χ3v) is 6.29. The zero-order valence-corrected chi connectivity index (χ0v) is 18.6. The van der Waals surface area contributed by atoms with Crippen LogP contribution in [0.3, 0.4) is 0 Å². The molecule has 0 amide bonds. The Hall–Kier alpha value is -2.18. The van der Waals surface area contributed by atoms with E-state index in [0.717, 1.165) is 62.8 Å². The van der Waals surface area contributed by atoms with E-state index in [1.165, 1.54) is 25.8 Å². The SMILES string of the molecule is CCC1(N2CCN(CCCCCCOc3ccc(OC)cc3)CC2)NC=CC=C1N. The maximum absolute atomic E-state index is 6.35. The van der Waals surface area contributed by atoms with Crippen molar-refractivity contribution < 1.29 is 9.47 Å². The van der Waals surface area contributed by atoms with Crippen LogP contribution in [0.4, 0.5) is 0 Å². The van der Waals surface area contributed by atoms with E-state index in [1.807, 2.05) is 42.6 Å². The van der Waals surface area contributed by atoms with Crippen molar-refractivity contribution in [2.75, 3.05) is 46.4 Å². The third-order valence-electron chi connectivity index (χ3n) is 6.29. The second kappa shape index (κ2) is 11.3. The number of allylic oxidation sites excluding steroid dienone is 2. The summed E-state index contributed by atoms with van der Waals surface area (Å²) < 4.78 is 11.0. The second-order valence-electron chi connectivity index (χ2n) is 8.11. The van der Waals surface area contributed by atoms with Crippen LogP contribution in [-0.2, 0) is 0 Å². The lowest BCUT2D eigenvalue weighted by molar-refractivity contribution is 0.0350. The van der Waals surface area contributed by atoms with Crippen LogP contribution >= 0.6 is 0 Å². The van der Waals surface area contributed by atoms with E-state index >= 15 is 0 Å². The van der Waals surface area contributed by atoms with Gasteiger partial charge in [0, 0.05) is 31.9 Å². The largest absolute Gasteiger partial charge is 0.497 e. The Kier molecular flexibility index (Phi) is 8.46. The van der Waals surface area contributed by atoms with Gasteiger partial charge in [-0.15, -0.1) is 0 Å². The van der Waals surface area contributed by atoms with Crippen LogP contribution in [0.5, 0.6) is 11.5 Å². The molecule has 1 aromatic carbocycles. The highest BCUT2D eigenvalue weighted by Crippen LogP contribution is 2.26. The molecule has 0 saturated carbocycles. The highest BCUT2D eigenvalue weighted by atomic mass is 16.5. The van der Waals surface area contributed by atoms with E-state index in [1.54, 1.807) is 7.11 Å². The number of benzene rings is 1. The van der Waals surface area contributed by atoms with Gasteiger partial charge in [0.05, 0.1) is 13.7 Å². The molecule has 3 rings (SSSR count). The van der Waals surface area contributed by atoms with Gasteiger partial charge in [-0.1, -0.05) is 19.8 Å². The van der Waals surface area contributed by atoms with E-state index in [2.05, 4.69) is 22.0 Å². The number of nitrogens with two attached hydrogens (primary N) is 1. The smallest absolute Gasteiger partial charge is 0.131 e. The van der Waals surface area contributed by atoms with E-state index in [9.17, 15) is 0 Å². The van der Waals surface area contributed by atoms with Gasteiger partial charge in [-0.2, -0.15) is 0 Å². The maximum atomic E-state index is 6.35. The van der Waals surface area contributed by atoms with Crippen molar-refractivity contribution >= 4 is 0 Å². The van der Waals surface area contributed by atoms with Crippen LogP contribution in [0, 0.1) is 0 Å². The van der Waals surface area contributed by atoms with Crippen molar-refractivity contribution in [2.45, 2.75) is 44.7 Å². The van der Waals surface area contributed by atoms with Crippen LogP contribution < -0.4 is 20.5 Å². The van der Waals surface area contributed by atoms with Crippen molar-refractivity contribution in [3.05, 3.63) is 48.3 Å². The molecule has 1 aromatic rings. The summed E-state index contributed by atoms with van der Waals surface area (Å²) in [5.74, 6) is 1.77. The van der Waals surface area contributed by atoms with Gasteiger partial charge in [0.15, 0.2) is 0 Å². The van der Waals surface area contributed by atoms with Gasteiger partial charge in [0.25, 0.3) is 0 Å². The predicted molar refractivity (Wildman–Crippen MR) is 123 cm³/mol. The lowest BCUT2D eigenvalue weighted by Gasteiger charge is -2.48. The molecule has 0 aromatic heterocycles. The number of piperazine rings is 1. The molecular formula is C24H38N4O2. The van der Waals surface area contributed by atoms with Gasteiger partial charge in [-0.25, -0.2) is 0 Å². The number of methoxy groups -OCH3 is 1. The van der Waals surface area contributed by atoms with Crippen LogP contribution in [0.15, 0.2) is 48.3 Å². The molecule has 1 fully saturated rings. The topological polar surface area (TPSA) is 63.0 Å². The molecule has 166 valence electrons. The minimum Gasteiger partial charge on any atom is -0.497 e. The summed E-state index contributed by atoms with van der Waals surface area (Å²) in [6.45, 7) is 8.50. The third kappa shape index (κ3) is 5.70. The molecule has 6 heteroatoms. The highest BCUT2D eigenvalue weighted by Gasteiger charge is 2.39. The number of nitrogens with zero attached hydrogens (tertiary/aromatic N) is 2. The van der Waals surface area contributed by atoms with Gasteiger partial charge in [-0.3, -0.25) is 4.90 Å². The number of unbranched alkanes of at least 4 members (excludes halogenated alkanes) is 3. The number of ether oxygens (including phenoxy) is 2. The summed E-state index contributed by atoms with van der Waals surface area (Å²) in [4.78, 5) is 5.10. The lowest BCUT2D eigenvalue weighted by atomic mass is 9.97. The molecule has 1 unspecified atom stereocenters. The highest BCUT2D eigenvalue weighted by molar-refractivity contribution is 5.31. The van der Waals surface area contributed by atoms with Crippen molar-refractivity contribution in [1.29, 1.82) is 0 Å². The monoisotopic (exact) mass is 414 g/mol. The Labute approximate surface area is 181 Å². The average Bonchev–Trinajstić information content (AvgIpc) is 2.80. The number of nitrogens with one attached hydrogen (secondary N) is 1. The first-order valence-corrected chi connectivity index (χ1v) is 11.3. The van der Waals surface area contributed by atoms with Gasteiger partial charge in [-0.05, 0) is 68.4 Å².